The predicted octanol–water partition coefficient (Wildman–Crippen LogP) is 4.16. The largest absolute Gasteiger partial charge is 0.350 e. The second-order valence-corrected chi connectivity index (χ2v) is 8.86. The first kappa shape index (κ1) is 20.9. The van der Waals surface area contributed by atoms with E-state index in [0.717, 1.165) is 15.4 Å². The van der Waals surface area contributed by atoms with Gasteiger partial charge in [0.1, 0.15) is 6.54 Å². The second kappa shape index (κ2) is 9.11. The van der Waals surface area contributed by atoms with Crippen LogP contribution in [0.2, 0.25) is 5.02 Å². The van der Waals surface area contributed by atoms with Crippen LogP contribution >= 0.6 is 11.6 Å². The summed E-state index contributed by atoms with van der Waals surface area (Å²) in [5.41, 5.74) is 2.48. The molecule has 3 aromatic rings. The third kappa shape index (κ3) is 5.37. The van der Waals surface area contributed by atoms with Gasteiger partial charge >= 0.3 is 0 Å². The van der Waals surface area contributed by atoms with Gasteiger partial charge in [-0.1, -0.05) is 59.6 Å². The van der Waals surface area contributed by atoms with Crippen LogP contribution in [0.4, 0.5) is 5.69 Å². The molecule has 0 unspecified atom stereocenters. The van der Waals surface area contributed by atoms with Crippen LogP contribution in [0.1, 0.15) is 11.1 Å². The van der Waals surface area contributed by atoms with Gasteiger partial charge in [0, 0.05) is 11.6 Å². The van der Waals surface area contributed by atoms with Gasteiger partial charge in [0.05, 0.1) is 10.6 Å². The molecule has 0 fully saturated rings. The van der Waals surface area contributed by atoms with Crippen molar-refractivity contribution >= 4 is 33.2 Å². The molecule has 0 saturated carbocycles. The van der Waals surface area contributed by atoms with Crippen molar-refractivity contribution in [2.24, 2.45) is 0 Å². The number of hydrogen-bond acceptors (Lipinski definition) is 3. The molecular formula is C22H21ClN2O3S. The lowest BCUT2D eigenvalue weighted by Crippen LogP contribution is -2.40. The zero-order valence-electron chi connectivity index (χ0n) is 15.9. The number of carbonyl (C=O) groups excluding carboxylic acids is 1. The fourth-order valence-electron chi connectivity index (χ4n) is 2.74. The second-order valence-electron chi connectivity index (χ2n) is 6.56. The van der Waals surface area contributed by atoms with Crippen molar-refractivity contribution in [3.63, 3.8) is 0 Å². The molecule has 29 heavy (non-hydrogen) atoms. The number of rotatable bonds is 7. The highest BCUT2D eigenvalue weighted by atomic mass is 35.5. The molecule has 5 nitrogen and oxygen atoms in total. The van der Waals surface area contributed by atoms with Crippen molar-refractivity contribution in [1.29, 1.82) is 0 Å². The Kier molecular flexibility index (Phi) is 6.56. The first-order chi connectivity index (χ1) is 13.9. The zero-order chi connectivity index (χ0) is 20.9. The first-order valence-corrected chi connectivity index (χ1v) is 10.8. The average Bonchev–Trinajstić information content (AvgIpc) is 2.72. The number of carbonyl (C=O) groups is 1. The Morgan fingerprint density at radius 1 is 0.931 bits per heavy atom. The van der Waals surface area contributed by atoms with Gasteiger partial charge in [-0.2, -0.15) is 0 Å². The maximum Gasteiger partial charge on any atom is 0.264 e. The zero-order valence-corrected chi connectivity index (χ0v) is 17.5. The average molecular weight is 429 g/mol. The lowest BCUT2D eigenvalue weighted by molar-refractivity contribution is -0.119. The molecule has 0 aliphatic rings. The van der Waals surface area contributed by atoms with Crippen LogP contribution in [0.3, 0.4) is 0 Å². The van der Waals surface area contributed by atoms with Crippen molar-refractivity contribution in [2.75, 3.05) is 10.8 Å². The van der Waals surface area contributed by atoms with Gasteiger partial charge < -0.3 is 5.32 Å². The number of aryl methyl sites for hydroxylation is 1. The fourth-order valence-corrected chi connectivity index (χ4v) is 4.28. The standard InChI is InChI=1S/C22H21ClN2O3S/c1-17-7-9-18(10-8-17)15-24-22(26)16-25(20-5-3-2-4-6-20)29(27,28)21-13-11-19(23)12-14-21/h2-14H,15-16H2,1H3,(H,24,26). The van der Waals surface area contributed by atoms with E-state index in [0.29, 0.717) is 17.3 Å². The molecule has 0 aliphatic heterocycles. The number of nitrogens with one attached hydrogen (secondary N) is 1. The lowest BCUT2D eigenvalue weighted by atomic mass is 10.1. The van der Waals surface area contributed by atoms with Gasteiger partial charge in [0.25, 0.3) is 10.0 Å². The van der Waals surface area contributed by atoms with Crippen molar-refractivity contribution < 1.29 is 13.2 Å². The number of benzene rings is 3. The molecule has 0 bridgehead atoms. The van der Waals surface area contributed by atoms with Crippen LogP contribution in [-0.2, 0) is 21.4 Å². The molecule has 7 heteroatoms. The summed E-state index contributed by atoms with van der Waals surface area (Å²) in [6.07, 6.45) is 0. The third-order valence-electron chi connectivity index (χ3n) is 4.34. The SMILES string of the molecule is Cc1ccc(CNC(=O)CN(c2ccccc2)S(=O)(=O)c2ccc(Cl)cc2)cc1. The van der Waals surface area contributed by atoms with Gasteiger partial charge in [0.15, 0.2) is 0 Å². The Bertz CT molecular complexity index is 1070. The van der Waals surface area contributed by atoms with Gasteiger partial charge in [-0.05, 0) is 48.9 Å². The normalized spacial score (nSPS) is 11.1. The number of hydrogen-bond donors (Lipinski definition) is 1. The number of anilines is 1. The molecular weight excluding hydrogens is 408 g/mol. The van der Waals surface area contributed by atoms with E-state index in [1.807, 2.05) is 31.2 Å². The molecule has 0 atom stereocenters. The van der Waals surface area contributed by atoms with E-state index in [-0.39, 0.29) is 11.4 Å². The van der Waals surface area contributed by atoms with Crippen LogP contribution in [0.15, 0.2) is 83.8 Å². The van der Waals surface area contributed by atoms with E-state index in [1.54, 1.807) is 30.3 Å². The highest BCUT2D eigenvalue weighted by molar-refractivity contribution is 7.92. The molecule has 0 aliphatic carbocycles. The Morgan fingerprint density at radius 3 is 2.17 bits per heavy atom. The van der Waals surface area contributed by atoms with Gasteiger partial charge in [-0.3, -0.25) is 9.10 Å². The Hall–Kier alpha value is -2.83. The molecule has 3 aromatic carbocycles. The van der Waals surface area contributed by atoms with Crippen LogP contribution in [0, 0.1) is 6.92 Å². The maximum atomic E-state index is 13.2. The van der Waals surface area contributed by atoms with E-state index in [9.17, 15) is 13.2 Å². The number of sulfonamides is 1. The summed E-state index contributed by atoms with van der Waals surface area (Å²) >= 11 is 5.88. The monoisotopic (exact) mass is 428 g/mol. The molecule has 3 rings (SSSR count). The summed E-state index contributed by atoms with van der Waals surface area (Å²) < 4.78 is 27.5. The maximum absolute atomic E-state index is 13.2. The van der Waals surface area contributed by atoms with Crippen molar-refractivity contribution in [3.8, 4) is 0 Å². The van der Waals surface area contributed by atoms with E-state index in [1.165, 1.54) is 24.3 Å². The van der Waals surface area contributed by atoms with E-state index in [2.05, 4.69) is 5.32 Å². The number of para-hydroxylation sites is 1. The van der Waals surface area contributed by atoms with Crippen LogP contribution < -0.4 is 9.62 Å². The number of amides is 1. The molecule has 1 N–H and O–H groups in total. The molecule has 0 aromatic heterocycles. The third-order valence-corrected chi connectivity index (χ3v) is 6.38. The molecule has 150 valence electrons. The highest BCUT2D eigenvalue weighted by Crippen LogP contribution is 2.24. The smallest absolute Gasteiger partial charge is 0.264 e. The Balaban J connectivity index is 1.81. The highest BCUT2D eigenvalue weighted by Gasteiger charge is 2.27. The summed E-state index contributed by atoms with van der Waals surface area (Å²) in [5, 5.41) is 3.22. The van der Waals surface area contributed by atoms with Crippen molar-refractivity contribution in [3.05, 3.63) is 95.0 Å². The van der Waals surface area contributed by atoms with Crippen LogP contribution in [0.5, 0.6) is 0 Å². The molecule has 0 radical (unpaired) electrons. The Morgan fingerprint density at radius 2 is 1.55 bits per heavy atom. The summed E-state index contributed by atoms with van der Waals surface area (Å²) in [6.45, 7) is 1.98. The van der Waals surface area contributed by atoms with Crippen molar-refractivity contribution in [2.45, 2.75) is 18.4 Å². The van der Waals surface area contributed by atoms with E-state index < -0.39 is 15.9 Å². The number of nitrogens with zero attached hydrogens (tertiary/aromatic N) is 1. The lowest BCUT2D eigenvalue weighted by Gasteiger charge is -2.24. The van der Waals surface area contributed by atoms with Gasteiger partial charge in [0.2, 0.25) is 5.91 Å². The molecule has 0 heterocycles. The summed E-state index contributed by atoms with van der Waals surface area (Å²) in [6, 6.07) is 22.2. The predicted molar refractivity (Wildman–Crippen MR) is 115 cm³/mol. The summed E-state index contributed by atoms with van der Waals surface area (Å²) in [7, 11) is -3.94. The van der Waals surface area contributed by atoms with E-state index >= 15 is 0 Å². The minimum atomic E-state index is -3.94. The quantitative estimate of drug-likeness (QED) is 0.614. The minimum absolute atomic E-state index is 0.0667. The fraction of sp³-hybridized carbons (Fsp3) is 0.136. The molecule has 1 amide bonds. The van der Waals surface area contributed by atoms with Crippen molar-refractivity contribution in [1.82, 2.24) is 5.32 Å². The van der Waals surface area contributed by atoms with Gasteiger partial charge in [-0.25, -0.2) is 8.42 Å². The first-order valence-electron chi connectivity index (χ1n) is 9.02. The molecule has 0 saturated heterocycles. The van der Waals surface area contributed by atoms with E-state index in [4.69, 9.17) is 11.6 Å². The molecule has 0 spiro atoms. The topological polar surface area (TPSA) is 66.5 Å². The Labute approximate surface area is 176 Å². The van der Waals surface area contributed by atoms with Gasteiger partial charge in [-0.15, -0.1) is 0 Å². The van der Waals surface area contributed by atoms with Crippen LogP contribution in [-0.4, -0.2) is 20.9 Å². The number of halogens is 1. The van der Waals surface area contributed by atoms with Crippen LogP contribution in [0.25, 0.3) is 0 Å². The summed E-state index contributed by atoms with van der Waals surface area (Å²) in [5.74, 6) is -0.396. The minimum Gasteiger partial charge on any atom is -0.350 e. The summed E-state index contributed by atoms with van der Waals surface area (Å²) in [4.78, 5) is 12.6.